The zero-order valence-corrected chi connectivity index (χ0v) is 15.7. The molecular formula is C24H30. The van der Waals surface area contributed by atoms with Crippen molar-refractivity contribution in [1.82, 2.24) is 0 Å². The van der Waals surface area contributed by atoms with Crippen molar-refractivity contribution < 1.29 is 0 Å². The molecule has 3 aromatic carbocycles. The summed E-state index contributed by atoms with van der Waals surface area (Å²) in [5.41, 5.74) is 5.93. The van der Waals surface area contributed by atoms with E-state index in [1.54, 1.807) is 11.1 Å². The highest BCUT2D eigenvalue weighted by Gasteiger charge is 2.14. The molecule has 3 aromatic rings. The molecule has 0 unspecified atom stereocenters. The van der Waals surface area contributed by atoms with Crippen molar-refractivity contribution in [3.63, 3.8) is 0 Å². The summed E-state index contributed by atoms with van der Waals surface area (Å²) in [6.07, 6.45) is 7.48. The van der Waals surface area contributed by atoms with Crippen LogP contribution in [0, 0.1) is 13.8 Å². The van der Waals surface area contributed by atoms with E-state index in [1.807, 2.05) is 0 Å². The molecule has 0 aliphatic carbocycles. The first-order valence-electron chi connectivity index (χ1n) is 9.60. The number of unbranched alkanes of at least 4 members (excludes halogenated alkanes) is 2. The van der Waals surface area contributed by atoms with Gasteiger partial charge in [0.25, 0.3) is 0 Å². The molecule has 0 radical (unpaired) electrons. The van der Waals surface area contributed by atoms with Gasteiger partial charge in [-0.15, -0.1) is 0 Å². The monoisotopic (exact) mass is 318 g/mol. The molecule has 0 atom stereocenters. The van der Waals surface area contributed by atoms with Crippen molar-refractivity contribution >= 4 is 21.5 Å². The lowest BCUT2D eigenvalue weighted by atomic mass is 9.86. The lowest BCUT2D eigenvalue weighted by Gasteiger charge is -2.18. The second kappa shape index (κ2) is 7.38. The Labute approximate surface area is 146 Å². The molecule has 0 heteroatoms. The van der Waals surface area contributed by atoms with Crippen LogP contribution in [0.4, 0.5) is 0 Å². The van der Waals surface area contributed by atoms with Gasteiger partial charge in [-0.2, -0.15) is 0 Å². The van der Waals surface area contributed by atoms with Gasteiger partial charge in [0.2, 0.25) is 0 Å². The van der Waals surface area contributed by atoms with Crippen LogP contribution in [0.15, 0.2) is 36.4 Å². The molecule has 0 spiro atoms. The van der Waals surface area contributed by atoms with Gasteiger partial charge < -0.3 is 0 Å². The highest BCUT2D eigenvalue weighted by Crippen LogP contribution is 2.36. The van der Waals surface area contributed by atoms with Gasteiger partial charge in [0, 0.05) is 0 Å². The lowest BCUT2D eigenvalue weighted by Crippen LogP contribution is -2.00. The van der Waals surface area contributed by atoms with Gasteiger partial charge in [0.1, 0.15) is 0 Å². The fourth-order valence-electron chi connectivity index (χ4n) is 3.89. The molecule has 0 saturated heterocycles. The van der Waals surface area contributed by atoms with Crippen LogP contribution in [0.25, 0.3) is 21.5 Å². The molecule has 24 heavy (non-hydrogen) atoms. The molecule has 0 bridgehead atoms. The molecule has 126 valence electrons. The number of aryl methyl sites for hydroxylation is 4. The third kappa shape index (κ3) is 3.20. The smallest absolute Gasteiger partial charge is 0.00997 e. The molecule has 0 N–H and O–H groups in total. The van der Waals surface area contributed by atoms with Gasteiger partial charge in [-0.1, -0.05) is 74.2 Å². The second-order valence-electron chi connectivity index (χ2n) is 7.26. The minimum atomic E-state index is 1.21. The topological polar surface area (TPSA) is 0 Å². The van der Waals surface area contributed by atoms with E-state index >= 15 is 0 Å². The summed E-state index contributed by atoms with van der Waals surface area (Å²) in [6, 6.07) is 14.1. The first-order valence-corrected chi connectivity index (χ1v) is 9.60. The molecule has 3 rings (SSSR count). The number of rotatable bonds is 6. The summed E-state index contributed by atoms with van der Waals surface area (Å²) in [5, 5.41) is 5.86. The van der Waals surface area contributed by atoms with Crippen molar-refractivity contribution in [3.05, 3.63) is 58.7 Å². The molecule has 0 aliphatic heterocycles. The molecule has 0 aliphatic rings. The molecular weight excluding hydrogens is 288 g/mol. The first-order chi connectivity index (χ1) is 11.7. The van der Waals surface area contributed by atoms with E-state index in [9.17, 15) is 0 Å². The number of fused-ring (bicyclic) bond motifs is 3. The van der Waals surface area contributed by atoms with E-state index in [-0.39, 0.29) is 0 Å². The summed E-state index contributed by atoms with van der Waals surface area (Å²) in [6.45, 7) is 9.00. The zero-order chi connectivity index (χ0) is 17.1. The van der Waals surface area contributed by atoms with Crippen LogP contribution < -0.4 is 0 Å². The minimum Gasteiger partial charge on any atom is -0.0654 e. The van der Waals surface area contributed by atoms with Gasteiger partial charge >= 0.3 is 0 Å². The Morgan fingerprint density at radius 1 is 0.583 bits per heavy atom. The quantitative estimate of drug-likeness (QED) is 0.418. The number of benzene rings is 3. The van der Waals surface area contributed by atoms with E-state index in [2.05, 4.69) is 64.1 Å². The number of hydrogen-bond acceptors (Lipinski definition) is 0. The maximum absolute atomic E-state index is 2.39. The van der Waals surface area contributed by atoms with Crippen LogP contribution >= 0.6 is 0 Å². The molecule has 0 nitrogen and oxygen atoms in total. The van der Waals surface area contributed by atoms with Crippen LogP contribution in [0.5, 0.6) is 0 Å². The number of hydrogen-bond donors (Lipinski definition) is 0. The van der Waals surface area contributed by atoms with E-state index in [0.29, 0.717) is 0 Å². The van der Waals surface area contributed by atoms with Crippen LogP contribution in [0.2, 0.25) is 0 Å². The van der Waals surface area contributed by atoms with Gasteiger partial charge in [0.15, 0.2) is 0 Å². The van der Waals surface area contributed by atoms with Gasteiger partial charge in [-0.25, -0.2) is 0 Å². The SMILES string of the molecule is CCCCc1c(CCCC)c2ccc(C)cc2c2cc(C)ccc12. The van der Waals surface area contributed by atoms with Crippen LogP contribution in [0.3, 0.4) is 0 Å². The van der Waals surface area contributed by atoms with Crippen molar-refractivity contribution in [2.75, 3.05) is 0 Å². The zero-order valence-electron chi connectivity index (χ0n) is 15.7. The third-order valence-corrected chi connectivity index (χ3v) is 5.22. The molecule has 0 heterocycles. The summed E-state index contributed by atoms with van der Waals surface area (Å²) in [7, 11) is 0. The maximum atomic E-state index is 2.39. The fourth-order valence-corrected chi connectivity index (χ4v) is 3.89. The molecule has 0 amide bonds. The Kier molecular flexibility index (Phi) is 5.23. The predicted molar refractivity (Wildman–Crippen MR) is 108 cm³/mol. The predicted octanol–water partition coefficient (Wildman–Crippen LogP) is 7.30. The van der Waals surface area contributed by atoms with Crippen molar-refractivity contribution in [2.24, 2.45) is 0 Å². The van der Waals surface area contributed by atoms with Gasteiger partial charge in [0.05, 0.1) is 0 Å². The van der Waals surface area contributed by atoms with Gasteiger partial charge in [-0.05, 0) is 72.2 Å². The Balaban J connectivity index is 2.38. The van der Waals surface area contributed by atoms with E-state index in [4.69, 9.17) is 0 Å². The Hall–Kier alpha value is -1.82. The Morgan fingerprint density at radius 3 is 1.38 bits per heavy atom. The second-order valence-corrected chi connectivity index (χ2v) is 7.26. The fraction of sp³-hybridized carbons (Fsp3) is 0.417. The minimum absolute atomic E-state index is 1.21. The molecule has 0 saturated carbocycles. The Bertz CT molecular complexity index is 782. The summed E-state index contributed by atoms with van der Waals surface area (Å²) >= 11 is 0. The van der Waals surface area contributed by atoms with Crippen molar-refractivity contribution in [1.29, 1.82) is 0 Å². The summed E-state index contributed by atoms with van der Waals surface area (Å²) < 4.78 is 0. The summed E-state index contributed by atoms with van der Waals surface area (Å²) in [5.74, 6) is 0. The average molecular weight is 319 g/mol. The van der Waals surface area contributed by atoms with Crippen molar-refractivity contribution in [2.45, 2.75) is 66.2 Å². The molecule has 0 fully saturated rings. The normalized spacial score (nSPS) is 11.5. The third-order valence-electron chi connectivity index (χ3n) is 5.22. The Morgan fingerprint density at radius 2 is 1.00 bits per heavy atom. The highest BCUT2D eigenvalue weighted by atomic mass is 14.2. The highest BCUT2D eigenvalue weighted by molar-refractivity contribution is 6.11. The van der Waals surface area contributed by atoms with E-state index in [0.717, 1.165) is 0 Å². The first kappa shape index (κ1) is 17.0. The summed E-state index contributed by atoms with van der Waals surface area (Å²) in [4.78, 5) is 0. The van der Waals surface area contributed by atoms with Crippen molar-refractivity contribution in [3.8, 4) is 0 Å². The van der Waals surface area contributed by atoms with Crippen LogP contribution in [0.1, 0.15) is 61.8 Å². The largest absolute Gasteiger partial charge is 0.0654 e. The lowest BCUT2D eigenvalue weighted by molar-refractivity contribution is 0.765. The van der Waals surface area contributed by atoms with Gasteiger partial charge in [-0.3, -0.25) is 0 Å². The van der Waals surface area contributed by atoms with E-state index in [1.165, 1.54) is 71.2 Å². The van der Waals surface area contributed by atoms with E-state index < -0.39 is 0 Å². The van der Waals surface area contributed by atoms with Crippen LogP contribution in [-0.2, 0) is 12.8 Å². The average Bonchev–Trinajstić information content (AvgIpc) is 2.58. The maximum Gasteiger partial charge on any atom is -0.00997 e. The van der Waals surface area contributed by atoms with Crippen LogP contribution in [-0.4, -0.2) is 0 Å². The molecule has 0 aromatic heterocycles. The standard InChI is InChI=1S/C24H30/c1-5-7-9-19-20(10-8-6-2)22-14-12-18(4)16-24(22)23-15-17(3)11-13-21(19)23/h11-16H,5-10H2,1-4H3.